The van der Waals surface area contributed by atoms with Crippen molar-refractivity contribution in [1.29, 1.82) is 0 Å². The molecule has 0 aromatic heterocycles. The quantitative estimate of drug-likeness (QED) is 0.672. The van der Waals surface area contributed by atoms with Gasteiger partial charge in [0, 0.05) is 11.1 Å². The van der Waals surface area contributed by atoms with E-state index in [1.165, 1.54) is 7.11 Å². The molecule has 0 fully saturated rings. The van der Waals surface area contributed by atoms with Crippen molar-refractivity contribution in [3.8, 4) is 0 Å². The molecule has 2 aromatic rings. The summed E-state index contributed by atoms with van der Waals surface area (Å²) in [7, 11) is 1.35. The number of hydrogen-bond acceptors (Lipinski definition) is 3. The minimum absolute atomic E-state index is 0.355. The van der Waals surface area contributed by atoms with E-state index < -0.39 is 6.04 Å². The molecule has 0 unspecified atom stereocenters. The fourth-order valence-corrected chi connectivity index (χ4v) is 2.21. The van der Waals surface area contributed by atoms with Gasteiger partial charge in [-0.05, 0) is 30.6 Å². The van der Waals surface area contributed by atoms with Gasteiger partial charge in [-0.15, -0.1) is 0 Å². The summed E-state index contributed by atoms with van der Waals surface area (Å²) in [6.07, 6.45) is 0. The highest BCUT2D eigenvalue weighted by molar-refractivity contribution is 7.80. The van der Waals surface area contributed by atoms with E-state index in [-0.39, 0.29) is 5.97 Å². The third-order valence-electron chi connectivity index (χ3n) is 2.94. The Morgan fingerprint density at radius 2 is 1.90 bits per heavy atom. The number of carbonyl (C=O) groups is 1. The first-order chi connectivity index (χ1) is 9.61. The van der Waals surface area contributed by atoms with Gasteiger partial charge in [0.1, 0.15) is 6.04 Å². The van der Waals surface area contributed by atoms with E-state index in [9.17, 15) is 4.79 Å². The number of hydrogen-bond donors (Lipinski definition) is 2. The van der Waals surface area contributed by atoms with Gasteiger partial charge in [-0.1, -0.05) is 36.4 Å². The van der Waals surface area contributed by atoms with E-state index in [0.29, 0.717) is 5.11 Å². The highest BCUT2D eigenvalue weighted by Gasteiger charge is 2.14. The molecule has 0 radical (unpaired) electrons. The van der Waals surface area contributed by atoms with Crippen LogP contribution in [-0.4, -0.2) is 24.2 Å². The number of carbonyl (C=O) groups excluding carboxylic acids is 1. The van der Waals surface area contributed by atoms with Gasteiger partial charge in [-0.2, -0.15) is 0 Å². The Kier molecular flexibility index (Phi) is 4.53. The Balaban J connectivity index is 2.12. The molecule has 5 heteroatoms. The van der Waals surface area contributed by atoms with Crippen LogP contribution in [-0.2, 0) is 9.53 Å². The molecule has 20 heavy (non-hydrogen) atoms. The van der Waals surface area contributed by atoms with Gasteiger partial charge in [0.2, 0.25) is 0 Å². The summed E-state index contributed by atoms with van der Waals surface area (Å²) < 4.78 is 4.64. The van der Waals surface area contributed by atoms with Crippen molar-refractivity contribution in [2.24, 2.45) is 0 Å². The van der Waals surface area contributed by atoms with Crippen LogP contribution in [0.3, 0.4) is 0 Å². The second-order valence-electron chi connectivity index (χ2n) is 4.37. The number of esters is 1. The second-order valence-corrected chi connectivity index (χ2v) is 4.78. The zero-order chi connectivity index (χ0) is 14.5. The molecule has 4 nitrogen and oxygen atoms in total. The Bertz CT molecular complexity index is 637. The maximum Gasteiger partial charge on any atom is 0.328 e. The maximum absolute atomic E-state index is 11.3. The SMILES string of the molecule is COC(=O)[C@H](C)NC(=S)Nc1cccc2ccccc12. The van der Waals surface area contributed by atoms with Crippen molar-refractivity contribution >= 4 is 39.8 Å². The fraction of sp³-hybridized carbons (Fsp3) is 0.200. The molecule has 0 aliphatic rings. The summed E-state index contributed by atoms with van der Waals surface area (Å²) in [6, 6.07) is 13.5. The Hall–Kier alpha value is -2.14. The number of rotatable bonds is 3. The van der Waals surface area contributed by atoms with E-state index in [2.05, 4.69) is 15.4 Å². The molecule has 0 heterocycles. The lowest BCUT2D eigenvalue weighted by molar-refractivity contribution is -0.142. The van der Waals surface area contributed by atoms with Crippen molar-refractivity contribution in [2.45, 2.75) is 13.0 Å². The number of thiocarbonyl (C=S) groups is 1. The number of benzene rings is 2. The molecule has 0 aliphatic heterocycles. The minimum atomic E-state index is -0.491. The Morgan fingerprint density at radius 1 is 1.20 bits per heavy atom. The predicted octanol–water partition coefficient (Wildman–Crippen LogP) is 2.69. The summed E-state index contributed by atoms with van der Waals surface area (Å²) >= 11 is 5.21. The predicted molar refractivity (Wildman–Crippen MR) is 84.8 cm³/mol. The smallest absolute Gasteiger partial charge is 0.328 e. The first-order valence-corrected chi connectivity index (χ1v) is 6.65. The van der Waals surface area contributed by atoms with Gasteiger partial charge in [-0.25, -0.2) is 4.79 Å². The average molecular weight is 288 g/mol. The van der Waals surface area contributed by atoms with Crippen molar-refractivity contribution in [3.63, 3.8) is 0 Å². The van der Waals surface area contributed by atoms with Crippen LogP contribution in [0.5, 0.6) is 0 Å². The lowest BCUT2D eigenvalue weighted by Gasteiger charge is -2.16. The number of nitrogens with one attached hydrogen (secondary N) is 2. The zero-order valence-corrected chi connectivity index (χ0v) is 12.2. The summed E-state index contributed by atoms with van der Waals surface area (Å²) in [5, 5.41) is 8.59. The number of anilines is 1. The first kappa shape index (κ1) is 14.3. The van der Waals surface area contributed by atoms with E-state index in [4.69, 9.17) is 12.2 Å². The van der Waals surface area contributed by atoms with Crippen molar-refractivity contribution in [2.75, 3.05) is 12.4 Å². The third kappa shape index (κ3) is 3.24. The van der Waals surface area contributed by atoms with Crippen LogP contribution >= 0.6 is 12.2 Å². The van der Waals surface area contributed by atoms with Crippen molar-refractivity contribution in [3.05, 3.63) is 42.5 Å². The van der Waals surface area contributed by atoms with Gasteiger partial charge in [0.05, 0.1) is 7.11 Å². The summed E-state index contributed by atoms with van der Waals surface area (Å²) in [5.41, 5.74) is 0.901. The third-order valence-corrected chi connectivity index (χ3v) is 3.16. The standard InChI is InChI=1S/C15H16N2O2S/c1-10(14(18)19-2)16-15(20)17-13-9-5-7-11-6-3-4-8-12(11)13/h3-10H,1-2H3,(H2,16,17,20)/t10-/m0/s1. The molecule has 0 aliphatic carbocycles. The summed E-state index contributed by atoms with van der Waals surface area (Å²) in [4.78, 5) is 11.3. The van der Waals surface area contributed by atoms with Crippen LogP contribution in [0.1, 0.15) is 6.92 Å². The number of fused-ring (bicyclic) bond motifs is 1. The largest absolute Gasteiger partial charge is 0.467 e. The summed E-state index contributed by atoms with van der Waals surface area (Å²) in [5.74, 6) is -0.355. The van der Waals surface area contributed by atoms with Gasteiger partial charge >= 0.3 is 5.97 Å². The van der Waals surface area contributed by atoms with Crippen LogP contribution in [0.25, 0.3) is 10.8 Å². The van der Waals surface area contributed by atoms with Crippen LogP contribution < -0.4 is 10.6 Å². The van der Waals surface area contributed by atoms with Gasteiger partial charge in [0.15, 0.2) is 5.11 Å². The normalized spacial score (nSPS) is 11.7. The molecule has 2 N–H and O–H groups in total. The molecule has 104 valence electrons. The van der Waals surface area contributed by atoms with Crippen LogP contribution in [0.4, 0.5) is 5.69 Å². The summed E-state index contributed by atoms with van der Waals surface area (Å²) in [6.45, 7) is 1.70. The van der Waals surface area contributed by atoms with E-state index >= 15 is 0 Å². The van der Waals surface area contributed by atoms with Crippen LogP contribution in [0.15, 0.2) is 42.5 Å². The lowest BCUT2D eigenvalue weighted by atomic mass is 10.1. The van der Waals surface area contributed by atoms with Crippen LogP contribution in [0, 0.1) is 0 Å². The maximum atomic E-state index is 11.3. The molecule has 0 spiro atoms. The zero-order valence-electron chi connectivity index (χ0n) is 11.3. The van der Waals surface area contributed by atoms with Crippen molar-refractivity contribution < 1.29 is 9.53 Å². The van der Waals surface area contributed by atoms with Crippen LogP contribution in [0.2, 0.25) is 0 Å². The Morgan fingerprint density at radius 3 is 2.65 bits per heavy atom. The van der Waals surface area contributed by atoms with Crippen molar-refractivity contribution in [1.82, 2.24) is 5.32 Å². The monoisotopic (exact) mass is 288 g/mol. The number of ether oxygens (including phenoxy) is 1. The molecule has 2 rings (SSSR count). The highest BCUT2D eigenvalue weighted by Crippen LogP contribution is 2.22. The number of methoxy groups -OCH3 is 1. The second kappa shape index (κ2) is 6.34. The first-order valence-electron chi connectivity index (χ1n) is 6.25. The topological polar surface area (TPSA) is 50.4 Å². The minimum Gasteiger partial charge on any atom is -0.467 e. The average Bonchev–Trinajstić information content (AvgIpc) is 2.46. The van der Waals surface area contributed by atoms with Gasteiger partial charge in [0.25, 0.3) is 0 Å². The Labute approximate surface area is 123 Å². The molecular weight excluding hydrogens is 272 g/mol. The molecular formula is C15H16N2O2S. The highest BCUT2D eigenvalue weighted by atomic mass is 32.1. The van der Waals surface area contributed by atoms with E-state index in [1.807, 2.05) is 42.5 Å². The fourth-order valence-electron chi connectivity index (χ4n) is 1.93. The van der Waals surface area contributed by atoms with Gasteiger partial charge in [-0.3, -0.25) is 0 Å². The molecule has 1 atom stereocenters. The molecule has 0 bridgehead atoms. The molecule has 0 saturated carbocycles. The van der Waals surface area contributed by atoms with E-state index in [1.54, 1.807) is 6.92 Å². The molecule has 0 amide bonds. The molecule has 2 aromatic carbocycles. The lowest BCUT2D eigenvalue weighted by Crippen LogP contribution is -2.41. The van der Waals surface area contributed by atoms with Gasteiger partial charge < -0.3 is 15.4 Å². The molecule has 0 saturated heterocycles. The van der Waals surface area contributed by atoms with E-state index in [0.717, 1.165) is 16.5 Å².